The molecule has 0 radical (unpaired) electrons. The highest BCUT2D eigenvalue weighted by Gasteiger charge is 2.47. The van der Waals surface area contributed by atoms with Crippen molar-refractivity contribution in [2.24, 2.45) is 5.41 Å². The van der Waals surface area contributed by atoms with Crippen LogP contribution in [0.2, 0.25) is 5.02 Å². The molecule has 2 aromatic heterocycles. The van der Waals surface area contributed by atoms with Gasteiger partial charge in [0, 0.05) is 85.9 Å². The SMILES string of the molecule is CNC(=O)COc1cc2cc(Nc3nc(N4CCC(OC5CC(N6CCCC7(CCN(c8ccc9c(c8F)CN([C@@H]8CCC(=O)NC8=O)C9=O)C7)C6)C5)CC4)ncc3Cl)ccc2n(C(C)C)c1=O. The van der Waals surface area contributed by atoms with Crippen molar-refractivity contribution in [3.8, 4) is 5.75 Å². The zero-order chi connectivity index (χ0) is 47.4. The number of halogens is 2. The molecule has 6 aliphatic rings. The minimum Gasteiger partial charge on any atom is -0.478 e. The van der Waals surface area contributed by atoms with Gasteiger partial charge in [-0.15, -0.1) is 0 Å². The fraction of sp³-hybridized carbons (Fsp3) is 0.531. The van der Waals surface area contributed by atoms with Gasteiger partial charge in [0.2, 0.25) is 17.8 Å². The molecule has 2 atom stereocenters. The van der Waals surface area contributed by atoms with Gasteiger partial charge in [0.15, 0.2) is 24.0 Å². The first kappa shape index (κ1) is 45.9. The Bertz CT molecular complexity index is 2720. The molecule has 360 valence electrons. The maximum atomic E-state index is 16.3. The second-order valence-electron chi connectivity index (χ2n) is 19.6. The van der Waals surface area contributed by atoms with Crippen molar-refractivity contribution in [3.05, 3.63) is 74.9 Å². The highest BCUT2D eigenvalue weighted by atomic mass is 35.5. The second kappa shape index (κ2) is 18.6. The van der Waals surface area contributed by atoms with Crippen LogP contribution in [-0.4, -0.2) is 125 Å². The van der Waals surface area contributed by atoms with Crippen LogP contribution in [-0.2, 0) is 25.7 Å². The van der Waals surface area contributed by atoms with E-state index in [-0.39, 0.29) is 84.5 Å². The van der Waals surface area contributed by atoms with Crippen LogP contribution in [0.3, 0.4) is 0 Å². The van der Waals surface area contributed by atoms with E-state index in [1.54, 1.807) is 29.0 Å². The van der Waals surface area contributed by atoms with Crippen molar-refractivity contribution < 1.29 is 33.0 Å². The highest BCUT2D eigenvalue weighted by molar-refractivity contribution is 6.33. The summed E-state index contributed by atoms with van der Waals surface area (Å²) in [6, 6.07) is 10.2. The number of hydrogen-bond acceptors (Lipinski definition) is 13. The Kier molecular flexibility index (Phi) is 12.5. The number of piperidine rings is 3. The van der Waals surface area contributed by atoms with Gasteiger partial charge < -0.3 is 39.4 Å². The summed E-state index contributed by atoms with van der Waals surface area (Å²) in [5.74, 6) is -0.813. The van der Waals surface area contributed by atoms with E-state index >= 15 is 4.39 Å². The van der Waals surface area contributed by atoms with Crippen molar-refractivity contribution >= 4 is 69.3 Å². The number of fused-ring (bicyclic) bond motifs is 2. The van der Waals surface area contributed by atoms with Crippen molar-refractivity contribution in [1.29, 1.82) is 0 Å². The third-order valence-electron chi connectivity index (χ3n) is 14.9. The number of amides is 4. The summed E-state index contributed by atoms with van der Waals surface area (Å²) in [6.45, 7) is 8.62. The number of carbonyl (C=O) groups is 4. The highest BCUT2D eigenvalue weighted by Crippen LogP contribution is 2.45. The summed E-state index contributed by atoms with van der Waals surface area (Å²) in [6.07, 6.45) is 9.26. The van der Waals surface area contributed by atoms with Crippen LogP contribution in [0, 0.1) is 11.2 Å². The lowest BCUT2D eigenvalue weighted by Crippen LogP contribution is -2.55. The van der Waals surface area contributed by atoms with Crippen molar-refractivity contribution in [2.75, 3.05) is 68.0 Å². The van der Waals surface area contributed by atoms with E-state index in [1.165, 1.54) is 11.9 Å². The lowest BCUT2D eigenvalue weighted by Gasteiger charge is -2.50. The molecule has 5 fully saturated rings. The van der Waals surface area contributed by atoms with Crippen molar-refractivity contribution in [1.82, 2.24) is 35.0 Å². The zero-order valence-electron chi connectivity index (χ0n) is 38.7. The average molecular weight is 954 g/mol. The van der Waals surface area contributed by atoms with Crippen molar-refractivity contribution in [3.63, 3.8) is 0 Å². The van der Waals surface area contributed by atoms with Crippen LogP contribution in [0.15, 0.2) is 47.4 Å². The van der Waals surface area contributed by atoms with E-state index < -0.39 is 11.9 Å². The molecule has 1 saturated carbocycles. The number of likely N-dealkylation sites (tertiary alicyclic amines) is 1. The van der Waals surface area contributed by atoms with Gasteiger partial charge >= 0.3 is 0 Å². The van der Waals surface area contributed by atoms with Gasteiger partial charge in [-0.25, -0.2) is 9.37 Å². The van der Waals surface area contributed by atoms with Gasteiger partial charge in [-0.05, 0) is 108 Å². The summed E-state index contributed by atoms with van der Waals surface area (Å²) in [5, 5.41) is 9.28. The second-order valence-corrected chi connectivity index (χ2v) is 20.1. The Morgan fingerprint density at radius 2 is 1.79 bits per heavy atom. The number of imide groups is 1. The van der Waals surface area contributed by atoms with Gasteiger partial charge in [-0.2, -0.15) is 4.98 Å². The number of anilines is 4. The number of nitrogens with zero attached hydrogens (tertiary/aromatic N) is 7. The molecule has 17 nitrogen and oxygen atoms in total. The number of likely N-dealkylation sites (N-methyl/N-ethyl adjacent to an activating group) is 1. The zero-order valence-corrected chi connectivity index (χ0v) is 39.4. The summed E-state index contributed by atoms with van der Waals surface area (Å²) in [4.78, 5) is 80.4. The third kappa shape index (κ3) is 8.86. The van der Waals surface area contributed by atoms with E-state index in [0.717, 1.165) is 95.1 Å². The molecule has 68 heavy (non-hydrogen) atoms. The largest absolute Gasteiger partial charge is 0.478 e. The Balaban J connectivity index is 0.708. The Morgan fingerprint density at radius 3 is 2.56 bits per heavy atom. The Hall–Kier alpha value is -5.85. The first-order valence-corrected chi connectivity index (χ1v) is 24.3. The average Bonchev–Trinajstić information content (AvgIpc) is 3.87. The van der Waals surface area contributed by atoms with Crippen LogP contribution in [0.4, 0.5) is 27.5 Å². The standard InChI is InChI=1S/C49H58ClFN10O7/c1-28(2)61-37-7-5-30(19-29(37)20-40(47(61)66)67-25-42(63)52-3)54-44-36(50)23-53-48(56-44)57-16-11-32(12-17-57)68-33-21-31(22-33)58-15-4-13-49(26-58)14-18-59(27-49)38-8-6-34-35(43(38)51)24-60(46(34)65)39-9-10-41(62)55-45(39)64/h5-8,19-20,23,28,31-33,39H,4,9-18,21-22,24-27H2,1-3H3,(H,52,63)(H,53,54,56)(H,55,62,64)/t31?,33?,39-,49?/m1/s1. The first-order valence-electron chi connectivity index (χ1n) is 23.9. The molecule has 19 heteroatoms. The van der Waals surface area contributed by atoms with Gasteiger partial charge in [-0.3, -0.25) is 34.2 Å². The molecular formula is C49H58ClFN10O7. The predicted molar refractivity (Wildman–Crippen MR) is 254 cm³/mol. The maximum Gasteiger partial charge on any atom is 0.293 e. The van der Waals surface area contributed by atoms with Gasteiger partial charge in [0.05, 0.1) is 36.2 Å². The number of pyridine rings is 1. The number of hydrogen-bond donors (Lipinski definition) is 3. The Morgan fingerprint density at radius 1 is 0.985 bits per heavy atom. The minimum absolute atomic E-state index is 0.0234. The smallest absolute Gasteiger partial charge is 0.293 e. The van der Waals surface area contributed by atoms with Gasteiger partial charge in [-0.1, -0.05) is 11.6 Å². The summed E-state index contributed by atoms with van der Waals surface area (Å²) < 4.78 is 30.2. The molecule has 1 spiro atoms. The van der Waals surface area contributed by atoms with Crippen LogP contribution < -0.4 is 36.0 Å². The lowest BCUT2D eigenvalue weighted by atomic mass is 9.76. The summed E-state index contributed by atoms with van der Waals surface area (Å²) in [5.41, 5.74) is 2.34. The van der Waals surface area contributed by atoms with E-state index in [0.29, 0.717) is 45.3 Å². The predicted octanol–water partition coefficient (Wildman–Crippen LogP) is 5.30. The molecule has 3 N–H and O–H groups in total. The van der Waals surface area contributed by atoms with E-state index in [1.807, 2.05) is 32.0 Å². The minimum atomic E-state index is -0.778. The van der Waals surface area contributed by atoms with Crippen LogP contribution in [0.25, 0.3) is 10.9 Å². The van der Waals surface area contributed by atoms with Gasteiger partial charge in [0.1, 0.15) is 11.1 Å². The monoisotopic (exact) mass is 952 g/mol. The number of benzene rings is 2. The molecule has 2 aromatic carbocycles. The number of nitrogens with one attached hydrogen (secondary N) is 3. The molecule has 1 aliphatic carbocycles. The third-order valence-corrected chi connectivity index (χ3v) is 15.2. The fourth-order valence-corrected chi connectivity index (χ4v) is 11.4. The van der Waals surface area contributed by atoms with Crippen LogP contribution in [0.5, 0.6) is 5.75 Å². The number of carbonyl (C=O) groups excluding carboxylic acids is 4. The lowest BCUT2D eigenvalue weighted by molar-refractivity contribution is -0.137. The molecule has 4 amide bonds. The van der Waals surface area contributed by atoms with Crippen LogP contribution in [0.1, 0.15) is 93.6 Å². The molecule has 0 bridgehead atoms. The molecule has 10 rings (SSSR count). The van der Waals surface area contributed by atoms with E-state index in [2.05, 4.69) is 35.6 Å². The summed E-state index contributed by atoms with van der Waals surface area (Å²) in [7, 11) is 1.51. The maximum absolute atomic E-state index is 16.3. The van der Waals surface area contributed by atoms with Gasteiger partial charge in [0.25, 0.3) is 17.4 Å². The Labute approximate surface area is 398 Å². The molecule has 7 heterocycles. The first-order chi connectivity index (χ1) is 32.8. The fourth-order valence-electron chi connectivity index (χ4n) is 11.2. The quantitative estimate of drug-likeness (QED) is 0.156. The molecule has 4 saturated heterocycles. The molecular weight excluding hydrogens is 895 g/mol. The molecule has 1 unspecified atom stereocenters. The normalized spacial score (nSPS) is 24.5. The van der Waals surface area contributed by atoms with E-state index in [4.69, 9.17) is 26.1 Å². The number of rotatable bonds is 12. The molecule has 4 aromatic rings. The van der Waals surface area contributed by atoms with Crippen molar-refractivity contribution in [2.45, 2.75) is 109 Å². The van der Waals surface area contributed by atoms with E-state index in [9.17, 15) is 24.0 Å². The summed E-state index contributed by atoms with van der Waals surface area (Å²) >= 11 is 6.62. The molecule has 5 aliphatic heterocycles. The number of aromatic nitrogens is 3. The number of ether oxygens (including phenoxy) is 2. The topological polar surface area (TPSA) is 184 Å². The van der Waals surface area contributed by atoms with Crippen LogP contribution >= 0.6 is 11.6 Å².